The molecular weight excluding hydrogens is 397 g/mol. The van der Waals surface area contributed by atoms with Crippen LogP contribution in [0.25, 0.3) is 0 Å². The first-order chi connectivity index (χ1) is 12.6. The highest BCUT2D eigenvalue weighted by atomic mass is 35.5. The standard InChI is InChI=1S/C21H33N3O2.2ClH/c1-16-7-11-24(12-8-16)19(17-5-3-2-4-6-17)15-23-21(25)20(22)18-9-13-26-14-10-18;;/h2-6,16,18-20H,7-15,22H2,1H3,(H,23,25);2*1H. The Bertz CT molecular complexity index is 562. The highest BCUT2D eigenvalue weighted by Crippen LogP contribution is 2.26. The molecule has 0 radical (unpaired) electrons. The lowest BCUT2D eigenvalue weighted by molar-refractivity contribution is -0.124. The van der Waals surface area contributed by atoms with Crippen molar-refractivity contribution in [3.63, 3.8) is 0 Å². The monoisotopic (exact) mass is 431 g/mol. The van der Waals surface area contributed by atoms with Crippen LogP contribution < -0.4 is 11.1 Å². The second kappa shape index (κ2) is 12.7. The van der Waals surface area contributed by atoms with E-state index < -0.39 is 6.04 Å². The average molecular weight is 432 g/mol. The number of nitrogens with two attached hydrogens (primary N) is 1. The maximum absolute atomic E-state index is 12.6. The minimum Gasteiger partial charge on any atom is -0.381 e. The summed E-state index contributed by atoms with van der Waals surface area (Å²) in [6, 6.07) is 10.3. The first-order valence-corrected chi connectivity index (χ1v) is 10.0. The van der Waals surface area contributed by atoms with Crippen LogP contribution in [0.5, 0.6) is 0 Å². The van der Waals surface area contributed by atoms with Gasteiger partial charge in [0.1, 0.15) is 0 Å². The van der Waals surface area contributed by atoms with Crippen LogP contribution in [0.3, 0.4) is 0 Å². The van der Waals surface area contributed by atoms with Crippen molar-refractivity contribution in [1.82, 2.24) is 10.2 Å². The van der Waals surface area contributed by atoms with E-state index in [1.807, 2.05) is 6.07 Å². The first-order valence-electron chi connectivity index (χ1n) is 10.0. The first kappa shape index (κ1) is 25.2. The van der Waals surface area contributed by atoms with Crippen molar-refractivity contribution in [2.45, 2.75) is 44.7 Å². The molecule has 2 heterocycles. The summed E-state index contributed by atoms with van der Waals surface area (Å²) in [6.45, 7) is 6.54. The number of nitrogens with one attached hydrogen (secondary N) is 1. The van der Waals surface area contributed by atoms with Crippen LogP contribution in [0.15, 0.2) is 30.3 Å². The molecule has 2 atom stereocenters. The summed E-state index contributed by atoms with van der Waals surface area (Å²) in [4.78, 5) is 15.1. The Hall–Kier alpha value is -0.850. The van der Waals surface area contributed by atoms with Gasteiger partial charge in [-0.3, -0.25) is 9.69 Å². The molecule has 2 aliphatic heterocycles. The molecule has 1 aromatic carbocycles. The maximum Gasteiger partial charge on any atom is 0.237 e. The van der Waals surface area contributed by atoms with Gasteiger partial charge in [0.05, 0.1) is 12.1 Å². The van der Waals surface area contributed by atoms with Crippen LogP contribution in [0.1, 0.15) is 44.2 Å². The van der Waals surface area contributed by atoms with Crippen molar-refractivity contribution in [2.24, 2.45) is 17.6 Å². The SMILES string of the molecule is CC1CCN(C(CNC(=O)C(N)C2CCOCC2)c2ccccc2)CC1.Cl.Cl. The van der Waals surface area contributed by atoms with Gasteiger partial charge in [-0.05, 0) is 56.2 Å². The number of carbonyl (C=O) groups excluding carboxylic acids is 1. The highest BCUT2D eigenvalue weighted by Gasteiger charge is 2.29. The summed E-state index contributed by atoms with van der Waals surface area (Å²) in [5.41, 5.74) is 7.50. The van der Waals surface area contributed by atoms with Gasteiger partial charge < -0.3 is 15.8 Å². The quantitative estimate of drug-likeness (QED) is 0.725. The molecule has 0 aromatic heterocycles. The van der Waals surface area contributed by atoms with Crippen molar-refractivity contribution in [3.8, 4) is 0 Å². The molecule has 28 heavy (non-hydrogen) atoms. The molecule has 0 aliphatic carbocycles. The minimum atomic E-state index is -0.434. The third kappa shape index (κ3) is 6.89. The number of carbonyl (C=O) groups is 1. The van der Waals surface area contributed by atoms with E-state index in [1.165, 1.54) is 18.4 Å². The Morgan fingerprint density at radius 3 is 2.36 bits per heavy atom. The predicted molar refractivity (Wildman–Crippen MR) is 118 cm³/mol. The zero-order valence-electron chi connectivity index (χ0n) is 16.7. The molecule has 160 valence electrons. The van der Waals surface area contributed by atoms with E-state index in [4.69, 9.17) is 10.5 Å². The molecule has 3 rings (SSSR count). The molecule has 3 N–H and O–H groups in total. The molecule has 7 heteroatoms. The number of amides is 1. The molecule has 2 saturated heterocycles. The number of benzene rings is 1. The van der Waals surface area contributed by atoms with Gasteiger partial charge in [0.25, 0.3) is 0 Å². The van der Waals surface area contributed by atoms with Crippen molar-refractivity contribution in [2.75, 3.05) is 32.8 Å². The Balaban J connectivity index is 0.00000196. The van der Waals surface area contributed by atoms with Crippen molar-refractivity contribution in [1.29, 1.82) is 0 Å². The summed E-state index contributed by atoms with van der Waals surface area (Å²) in [6.07, 6.45) is 4.19. The number of halogens is 2. The van der Waals surface area contributed by atoms with Crippen molar-refractivity contribution in [3.05, 3.63) is 35.9 Å². The molecule has 2 aliphatic rings. The lowest BCUT2D eigenvalue weighted by atomic mass is 9.91. The second-order valence-corrected chi connectivity index (χ2v) is 7.87. The summed E-state index contributed by atoms with van der Waals surface area (Å²) >= 11 is 0. The van der Waals surface area contributed by atoms with Crippen LogP contribution in [-0.2, 0) is 9.53 Å². The molecule has 0 spiro atoms. The van der Waals surface area contributed by atoms with Crippen LogP contribution in [0, 0.1) is 11.8 Å². The average Bonchev–Trinajstić information content (AvgIpc) is 2.70. The van der Waals surface area contributed by atoms with E-state index in [-0.39, 0.29) is 42.7 Å². The van der Waals surface area contributed by atoms with Crippen LogP contribution in [0.2, 0.25) is 0 Å². The number of rotatable bonds is 6. The Morgan fingerprint density at radius 1 is 1.14 bits per heavy atom. The lowest BCUT2D eigenvalue weighted by Crippen LogP contribution is -2.49. The van der Waals surface area contributed by atoms with Gasteiger partial charge in [-0.25, -0.2) is 0 Å². The fourth-order valence-electron chi connectivity index (χ4n) is 4.08. The zero-order chi connectivity index (χ0) is 18.4. The fourth-order valence-corrected chi connectivity index (χ4v) is 4.08. The van der Waals surface area contributed by atoms with E-state index in [0.717, 1.165) is 31.8 Å². The predicted octanol–water partition coefficient (Wildman–Crippen LogP) is 3.17. The fraction of sp³-hybridized carbons (Fsp3) is 0.667. The Labute approximate surface area is 181 Å². The van der Waals surface area contributed by atoms with E-state index in [9.17, 15) is 4.79 Å². The Morgan fingerprint density at radius 2 is 1.75 bits per heavy atom. The van der Waals surface area contributed by atoms with Gasteiger partial charge >= 0.3 is 0 Å². The van der Waals surface area contributed by atoms with Gasteiger partial charge in [0.2, 0.25) is 5.91 Å². The van der Waals surface area contributed by atoms with Crippen LogP contribution in [0.4, 0.5) is 0 Å². The van der Waals surface area contributed by atoms with Crippen LogP contribution in [-0.4, -0.2) is 49.7 Å². The molecule has 0 saturated carbocycles. The summed E-state index contributed by atoms with van der Waals surface area (Å²) < 4.78 is 5.38. The smallest absolute Gasteiger partial charge is 0.237 e. The van der Waals surface area contributed by atoms with E-state index in [1.54, 1.807) is 0 Å². The van der Waals surface area contributed by atoms with E-state index in [2.05, 4.69) is 41.4 Å². The molecule has 2 unspecified atom stereocenters. The highest BCUT2D eigenvalue weighted by molar-refractivity contribution is 5.85. The van der Waals surface area contributed by atoms with Gasteiger partial charge in [0.15, 0.2) is 0 Å². The van der Waals surface area contributed by atoms with E-state index in [0.29, 0.717) is 19.8 Å². The number of piperidine rings is 1. The number of hydrogen-bond acceptors (Lipinski definition) is 4. The number of nitrogens with zero attached hydrogens (tertiary/aromatic N) is 1. The van der Waals surface area contributed by atoms with E-state index >= 15 is 0 Å². The van der Waals surface area contributed by atoms with Crippen LogP contribution >= 0.6 is 24.8 Å². The maximum atomic E-state index is 12.6. The topological polar surface area (TPSA) is 67.6 Å². The number of ether oxygens (including phenoxy) is 1. The lowest BCUT2D eigenvalue weighted by Gasteiger charge is -2.37. The van der Waals surface area contributed by atoms with Gasteiger partial charge in [-0.1, -0.05) is 37.3 Å². The molecule has 5 nitrogen and oxygen atoms in total. The third-order valence-electron chi connectivity index (χ3n) is 5.99. The molecular formula is C21H35Cl2N3O2. The molecule has 0 bridgehead atoms. The summed E-state index contributed by atoms with van der Waals surface area (Å²) in [7, 11) is 0. The van der Waals surface area contributed by atoms with Crippen molar-refractivity contribution >= 4 is 30.7 Å². The number of likely N-dealkylation sites (tertiary alicyclic amines) is 1. The summed E-state index contributed by atoms with van der Waals surface area (Å²) in [5, 5.41) is 3.14. The largest absolute Gasteiger partial charge is 0.381 e. The zero-order valence-corrected chi connectivity index (χ0v) is 18.4. The summed E-state index contributed by atoms with van der Waals surface area (Å²) in [5.74, 6) is 0.997. The van der Waals surface area contributed by atoms with Gasteiger partial charge in [-0.2, -0.15) is 0 Å². The van der Waals surface area contributed by atoms with Crippen molar-refractivity contribution < 1.29 is 9.53 Å². The molecule has 1 aromatic rings. The van der Waals surface area contributed by atoms with Gasteiger partial charge in [-0.15, -0.1) is 24.8 Å². The third-order valence-corrected chi connectivity index (χ3v) is 5.99. The number of hydrogen-bond donors (Lipinski definition) is 2. The Kier molecular flexibility index (Phi) is 11.4. The molecule has 2 fully saturated rings. The van der Waals surface area contributed by atoms with Gasteiger partial charge in [0, 0.05) is 19.8 Å². The second-order valence-electron chi connectivity index (χ2n) is 7.87. The molecule has 1 amide bonds. The minimum absolute atomic E-state index is 0. The normalized spacial score (nSPS) is 21.1.